The normalized spacial score (nSPS) is 12.9. The summed E-state index contributed by atoms with van der Waals surface area (Å²) in [6.45, 7) is 8.95. The summed E-state index contributed by atoms with van der Waals surface area (Å²) < 4.78 is 28.9. The van der Waals surface area contributed by atoms with E-state index in [-0.39, 0.29) is 23.4 Å². The molecule has 0 aromatic heterocycles. The first kappa shape index (κ1) is 28.9. The van der Waals surface area contributed by atoms with Crippen LogP contribution in [0, 0.1) is 13.8 Å². The molecule has 3 rings (SSSR count). The lowest BCUT2D eigenvalue weighted by Crippen LogP contribution is -2.52. The summed E-state index contributed by atoms with van der Waals surface area (Å²) in [5, 5.41) is 2.94. The summed E-state index contributed by atoms with van der Waals surface area (Å²) in [5.74, 6) is -0.757. The van der Waals surface area contributed by atoms with Crippen LogP contribution in [0.4, 0.5) is 5.69 Å². The quantitative estimate of drug-likeness (QED) is 0.381. The van der Waals surface area contributed by atoms with Crippen LogP contribution in [-0.2, 0) is 26.2 Å². The monoisotopic (exact) mass is 535 g/mol. The van der Waals surface area contributed by atoms with E-state index in [4.69, 9.17) is 0 Å². The lowest BCUT2D eigenvalue weighted by atomic mass is 10.1. The second-order valence-corrected chi connectivity index (χ2v) is 11.5. The maximum atomic E-state index is 13.9. The predicted molar refractivity (Wildman–Crippen MR) is 151 cm³/mol. The molecule has 1 N–H and O–H groups in total. The molecule has 3 aromatic carbocycles. The molecule has 38 heavy (non-hydrogen) atoms. The summed E-state index contributed by atoms with van der Waals surface area (Å²) in [6, 6.07) is 22.1. The van der Waals surface area contributed by atoms with Gasteiger partial charge in [-0.15, -0.1) is 0 Å². The molecule has 2 amide bonds. The van der Waals surface area contributed by atoms with Gasteiger partial charge in [0.05, 0.1) is 10.6 Å². The average Bonchev–Trinajstić information content (AvgIpc) is 2.91. The smallest absolute Gasteiger partial charge is 0.264 e. The highest BCUT2D eigenvalue weighted by Crippen LogP contribution is 2.27. The molecular formula is C30H37N3O4S. The topological polar surface area (TPSA) is 86.8 Å². The number of amides is 2. The molecular weight excluding hydrogens is 498 g/mol. The van der Waals surface area contributed by atoms with Crippen LogP contribution in [0.3, 0.4) is 0 Å². The summed E-state index contributed by atoms with van der Waals surface area (Å²) in [7, 11) is -4.08. The van der Waals surface area contributed by atoms with Crippen LogP contribution < -0.4 is 9.62 Å². The van der Waals surface area contributed by atoms with Crippen LogP contribution in [0.25, 0.3) is 0 Å². The highest BCUT2D eigenvalue weighted by Gasteiger charge is 2.33. The number of rotatable bonds is 11. The molecule has 0 aliphatic carbocycles. The molecule has 0 aliphatic heterocycles. The molecule has 202 valence electrons. The number of benzene rings is 3. The molecule has 0 saturated carbocycles. The summed E-state index contributed by atoms with van der Waals surface area (Å²) in [4.78, 5) is 28.5. The van der Waals surface area contributed by atoms with Crippen LogP contribution in [0.15, 0.2) is 83.8 Å². The first-order chi connectivity index (χ1) is 18.0. The molecule has 0 radical (unpaired) electrons. The third kappa shape index (κ3) is 7.01. The van der Waals surface area contributed by atoms with E-state index in [0.717, 1.165) is 21.9 Å². The second-order valence-electron chi connectivity index (χ2n) is 9.61. The highest BCUT2D eigenvalue weighted by atomic mass is 32.2. The van der Waals surface area contributed by atoms with Crippen molar-refractivity contribution in [2.45, 2.75) is 64.6 Å². The number of sulfonamides is 1. The summed E-state index contributed by atoms with van der Waals surface area (Å²) in [6.07, 6.45) is 0.751. The molecule has 0 aliphatic rings. The van der Waals surface area contributed by atoms with Crippen molar-refractivity contribution < 1.29 is 18.0 Å². The van der Waals surface area contributed by atoms with Gasteiger partial charge in [-0.25, -0.2) is 8.42 Å². The van der Waals surface area contributed by atoms with E-state index < -0.39 is 28.5 Å². The molecule has 8 heteroatoms. The molecule has 0 fully saturated rings. The number of aryl methyl sites for hydroxylation is 2. The maximum absolute atomic E-state index is 13.9. The molecule has 0 heterocycles. The van der Waals surface area contributed by atoms with Crippen LogP contribution >= 0.6 is 0 Å². The van der Waals surface area contributed by atoms with Gasteiger partial charge in [-0.1, -0.05) is 73.2 Å². The number of para-hydroxylation sites is 1. The van der Waals surface area contributed by atoms with Crippen molar-refractivity contribution in [2.75, 3.05) is 10.8 Å². The summed E-state index contributed by atoms with van der Waals surface area (Å²) >= 11 is 0. The van der Waals surface area contributed by atoms with E-state index in [0.29, 0.717) is 11.3 Å². The number of anilines is 1. The van der Waals surface area contributed by atoms with Gasteiger partial charge < -0.3 is 10.2 Å². The van der Waals surface area contributed by atoms with E-state index in [9.17, 15) is 18.0 Å². The Morgan fingerprint density at radius 1 is 0.868 bits per heavy atom. The number of carbonyl (C=O) groups is 2. The van der Waals surface area contributed by atoms with Gasteiger partial charge in [-0.2, -0.15) is 0 Å². The van der Waals surface area contributed by atoms with E-state index >= 15 is 0 Å². The zero-order valence-electron chi connectivity index (χ0n) is 22.7. The van der Waals surface area contributed by atoms with Gasteiger partial charge in [0.2, 0.25) is 11.8 Å². The zero-order valence-corrected chi connectivity index (χ0v) is 23.5. The van der Waals surface area contributed by atoms with Crippen molar-refractivity contribution in [2.24, 2.45) is 0 Å². The number of nitrogens with one attached hydrogen (secondary N) is 1. The largest absolute Gasteiger partial charge is 0.352 e. The van der Waals surface area contributed by atoms with Gasteiger partial charge in [0, 0.05) is 12.6 Å². The number of hydrogen-bond acceptors (Lipinski definition) is 4. The summed E-state index contributed by atoms with van der Waals surface area (Å²) in [5.41, 5.74) is 2.90. The number of carbonyl (C=O) groups excluding carboxylic acids is 2. The van der Waals surface area contributed by atoms with Crippen molar-refractivity contribution >= 4 is 27.5 Å². The first-order valence-electron chi connectivity index (χ1n) is 12.8. The molecule has 7 nitrogen and oxygen atoms in total. The van der Waals surface area contributed by atoms with Gasteiger partial charge in [0.1, 0.15) is 12.6 Å². The number of nitrogens with zero attached hydrogens (tertiary/aromatic N) is 2. The van der Waals surface area contributed by atoms with Crippen molar-refractivity contribution in [1.82, 2.24) is 10.2 Å². The van der Waals surface area contributed by atoms with Crippen molar-refractivity contribution in [3.63, 3.8) is 0 Å². The van der Waals surface area contributed by atoms with E-state index in [1.807, 2.05) is 57.2 Å². The van der Waals surface area contributed by atoms with Gasteiger partial charge in [-0.05, 0) is 63.4 Å². The van der Waals surface area contributed by atoms with Crippen molar-refractivity contribution in [3.8, 4) is 0 Å². The predicted octanol–water partition coefficient (Wildman–Crippen LogP) is 4.83. The van der Waals surface area contributed by atoms with E-state index in [2.05, 4.69) is 5.32 Å². The van der Waals surface area contributed by atoms with Gasteiger partial charge in [0.15, 0.2) is 0 Å². The second kappa shape index (κ2) is 12.7. The van der Waals surface area contributed by atoms with Crippen LogP contribution in [0.1, 0.15) is 43.9 Å². The Bertz CT molecular complexity index is 1340. The molecule has 0 unspecified atom stereocenters. The zero-order chi connectivity index (χ0) is 27.9. The average molecular weight is 536 g/mol. The fourth-order valence-electron chi connectivity index (χ4n) is 4.02. The lowest BCUT2D eigenvalue weighted by molar-refractivity contribution is -0.139. The fourth-order valence-corrected chi connectivity index (χ4v) is 5.50. The minimum Gasteiger partial charge on any atom is -0.352 e. The maximum Gasteiger partial charge on any atom is 0.264 e. The van der Waals surface area contributed by atoms with Gasteiger partial charge in [0.25, 0.3) is 10.0 Å². The molecule has 0 saturated heterocycles. The van der Waals surface area contributed by atoms with E-state index in [1.54, 1.807) is 56.3 Å². The van der Waals surface area contributed by atoms with Crippen LogP contribution in [0.2, 0.25) is 0 Å². The van der Waals surface area contributed by atoms with Crippen LogP contribution in [0.5, 0.6) is 0 Å². The van der Waals surface area contributed by atoms with Crippen molar-refractivity contribution in [3.05, 3.63) is 95.6 Å². The van der Waals surface area contributed by atoms with Crippen molar-refractivity contribution in [1.29, 1.82) is 0 Å². The lowest BCUT2D eigenvalue weighted by Gasteiger charge is -2.33. The Balaban J connectivity index is 2.02. The third-order valence-corrected chi connectivity index (χ3v) is 8.41. The SMILES string of the molecule is CC[C@@H](C)NC(=O)[C@H](C)N(Cc1ccccc1)C(=O)CN(c1ccccc1C)S(=O)(=O)c1ccc(C)cc1. The van der Waals surface area contributed by atoms with E-state index in [1.165, 1.54) is 4.90 Å². The molecule has 0 bridgehead atoms. The van der Waals surface area contributed by atoms with Crippen LogP contribution in [-0.4, -0.2) is 43.8 Å². The molecule has 0 spiro atoms. The Morgan fingerprint density at radius 3 is 2.08 bits per heavy atom. The molecule has 2 atom stereocenters. The third-order valence-electron chi connectivity index (χ3n) is 6.64. The number of hydrogen-bond donors (Lipinski definition) is 1. The Labute approximate surface area is 226 Å². The van der Waals surface area contributed by atoms with Gasteiger partial charge in [-0.3, -0.25) is 13.9 Å². The Kier molecular flexibility index (Phi) is 9.69. The standard InChI is InChI=1S/C30H37N3O4S/c1-6-24(4)31-30(35)25(5)32(20-26-13-8-7-9-14-26)29(34)21-33(28-15-11-10-12-23(28)3)38(36,37)27-18-16-22(2)17-19-27/h7-19,24-25H,6,20-21H2,1-5H3,(H,31,35)/t24-,25+/m1/s1. The Morgan fingerprint density at radius 2 is 1.47 bits per heavy atom. The fraction of sp³-hybridized carbons (Fsp3) is 0.333. The minimum atomic E-state index is -4.08. The minimum absolute atomic E-state index is 0.0518. The van der Waals surface area contributed by atoms with Gasteiger partial charge >= 0.3 is 0 Å². The molecule has 3 aromatic rings. The first-order valence-corrected chi connectivity index (χ1v) is 14.3. The highest BCUT2D eigenvalue weighted by molar-refractivity contribution is 7.92. The Hall–Kier alpha value is -3.65.